The highest BCUT2D eigenvalue weighted by atomic mass is 32.2. The van der Waals surface area contributed by atoms with Gasteiger partial charge in [0.2, 0.25) is 15.9 Å². The number of carbonyl (C=O) groups is 2. The standard InChI is InChI=1S/C25H36N4O5S/c1-18-16-22(34-6)17-19(2)24(18)35(32,33)29(5)15-12-23(30)27-21-10-8-20(9-11-21)25(31)26-13-7-14-28(3)4/h8-11,16-17H,7,12-15H2,1-6H3,(H,26,31)(H,27,30). The van der Waals surface area contributed by atoms with Crippen molar-refractivity contribution in [3.8, 4) is 5.75 Å². The molecular formula is C25H36N4O5S. The largest absolute Gasteiger partial charge is 0.497 e. The molecule has 2 amide bonds. The molecule has 0 radical (unpaired) electrons. The molecule has 35 heavy (non-hydrogen) atoms. The van der Waals surface area contributed by atoms with Crippen molar-refractivity contribution in [2.24, 2.45) is 0 Å². The molecule has 192 valence electrons. The molecule has 2 aromatic carbocycles. The zero-order chi connectivity index (χ0) is 26.2. The minimum atomic E-state index is -3.77. The Morgan fingerprint density at radius 1 is 0.971 bits per heavy atom. The van der Waals surface area contributed by atoms with Crippen LogP contribution in [-0.4, -0.2) is 77.3 Å². The maximum absolute atomic E-state index is 13.1. The number of ether oxygens (including phenoxy) is 1. The second-order valence-corrected chi connectivity index (χ2v) is 10.7. The third-order valence-corrected chi connectivity index (χ3v) is 7.65. The summed E-state index contributed by atoms with van der Waals surface area (Å²) in [5.41, 5.74) is 2.20. The molecule has 0 fully saturated rings. The van der Waals surface area contributed by atoms with E-state index in [0.29, 0.717) is 34.7 Å². The molecule has 10 heteroatoms. The molecule has 0 unspecified atom stereocenters. The maximum atomic E-state index is 13.1. The normalized spacial score (nSPS) is 11.5. The lowest BCUT2D eigenvalue weighted by Crippen LogP contribution is -2.31. The number of anilines is 1. The van der Waals surface area contributed by atoms with Gasteiger partial charge in [0.15, 0.2) is 0 Å². The van der Waals surface area contributed by atoms with Gasteiger partial charge in [0, 0.05) is 37.8 Å². The van der Waals surface area contributed by atoms with Gasteiger partial charge in [-0.2, -0.15) is 0 Å². The molecule has 9 nitrogen and oxygen atoms in total. The van der Waals surface area contributed by atoms with Gasteiger partial charge in [-0.15, -0.1) is 0 Å². The summed E-state index contributed by atoms with van der Waals surface area (Å²) in [5.74, 6) is 0.0995. The first kappa shape index (κ1) is 28.3. The van der Waals surface area contributed by atoms with Gasteiger partial charge in [0.05, 0.1) is 12.0 Å². The smallest absolute Gasteiger partial charge is 0.251 e. The van der Waals surface area contributed by atoms with E-state index in [2.05, 4.69) is 15.5 Å². The van der Waals surface area contributed by atoms with Crippen molar-refractivity contribution in [2.75, 3.05) is 53.2 Å². The fraction of sp³-hybridized carbons (Fsp3) is 0.440. The molecule has 0 aliphatic rings. The van der Waals surface area contributed by atoms with Gasteiger partial charge in [0.1, 0.15) is 5.75 Å². The highest BCUT2D eigenvalue weighted by molar-refractivity contribution is 7.89. The number of rotatable bonds is 12. The van der Waals surface area contributed by atoms with Crippen LogP contribution in [0.5, 0.6) is 5.75 Å². The summed E-state index contributed by atoms with van der Waals surface area (Å²) >= 11 is 0. The third kappa shape index (κ3) is 8.05. The molecule has 0 aliphatic heterocycles. The first-order chi connectivity index (χ1) is 16.4. The van der Waals surface area contributed by atoms with Crippen LogP contribution in [-0.2, 0) is 14.8 Å². The number of amides is 2. The van der Waals surface area contributed by atoms with Crippen molar-refractivity contribution in [2.45, 2.75) is 31.6 Å². The molecule has 0 saturated heterocycles. The Morgan fingerprint density at radius 3 is 2.11 bits per heavy atom. The van der Waals surface area contributed by atoms with Crippen LogP contribution in [0.4, 0.5) is 5.69 Å². The number of methoxy groups -OCH3 is 1. The van der Waals surface area contributed by atoms with Gasteiger partial charge in [0.25, 0.3) is 5.91 Å². The molecule has 0 heterocycles. The first-order valence-corrected chi connectivity index (χ1v) is 12.8. The monoisotopic (exact) mass is 504 g/mol. The van der Waals surface area contributed by atoms with Crippen LogP contribution >= 0.6 is 0 Å². The molecule has 2 rings (SSSR count). The van der Waals surface area contributed by atoms with E-state index < -0.39 is 10.0 Å². The number of hydrogen-bond donors (Lipinski definition) is 2. The summed E-state index contributed by atoms with van der Waals surface area (Å²) in [4.78, 5) is 26.9. The SMILES string of the molecule is COc1cc(C)c(S(=O)(=O)N(C)CCC(=O)Nc2ccc(C(=O)NCCCN(C)C)cc2)c(C)c1. The quantitative estimate of drug-likeness (QED) is 0.430. The van der Waals surface area contributed by atoms with Crippen molar-refractivity contribution in [3.05, 3.63) is 53.1 Å². The second kappa shape index (κ2) is 12.7. The van der Waals surface area contributed by atoms with Crippen molar-refractivity contribution in [1.29, 1.82) is 0 Å². The summed E-state index contributed by atoms with van der Waals surface area (Å²) in [6.45, 7) is 4.93. The summed E-state index contributed by atoms with van der Waals surface area (Å²) in [5, 5.41) is 5.61. The molecular weight excluding hydrogens is 468 g/mol. The predicted octanol–water partition coefficient (Wildman–Crippen LogP) is 2.64. The molecule has 2 N–H and O–H groups in total. The third-order valence-electron chi connectivity index (χ3n) is 5.49. The molecule has 0 saturated carbocycles. The van der Waals surface area contributed by atoms with E-state index in [1.165, 1.54) is 18.5 Å². The van der Waals surface area contributed by atoms with Gasteiger partial charge in [-0.05, 0) is 88.4 Å². The van der Waals surface area contributed by atoms with Gasteiger partial charge in [-0.25, -0.2) is 12.7 Å². The number of hydrogen-bond acceptors (Lipinski definition) is 6. The van der Waals surface area contributed by atoms with E-state index in [1.54, 1.807) is 50.2 Å². The Labute approximate surface area is 208 Å². The topological polar surface area (TPSA) is 108 Å². The van der Waals surface area contributed by atoms with Crippen LogP contribution in [0.25, 0.3) is 0 Å². The average Bonchev–Trinajstić information content (AvgIpc) is 2.79. The highest BCUT2D eigenvalue weighted by Crippen LogP contribution is 2.27. The number of nitrogens with zero attached hydrogens (tertiary/aromatic N) is 2. The zero-order valence-electron chi connectivity index (χ0n) is 21.3. The predicted molar refractivity (Wildman–Crippen MR) is 137 cm³/mol. The lowest BCUT2D eigenvalue weighted by molar-refractivity contribution is -0.116. The number of carbonyl (C=O) groups excluding carboxylic acids is 2. The fourth-order valence-electron chi connectivity index (χ4n) is 3.60. The lowest BCUT2D eigenvalue weighted by atomic mass is 10.1. The minimum Gasteiger partial charge on any atom is -0.497 e. The number of benzene rings is 2. The van der Waals surface area contributed by atoms with Gasteiger partial charge in [-0.1, -0.05) is 0 Å². The summed E-state index contributed by atoms with van der Waals surface area (Å²) in [6.07, 6.45) is 0.840. The highest BCUT2D eigenvalue weighted by Gasteiger charge is 2.25. The van der Waals surface area contributed by atoms with Crippen LogP contribution in [0.1, 0.15) is 34.3 Å². The molecule has 0 aromatic heterocycles. The maximum Gasteiger partial charge on any atom is 0.251 e. The average molecular weight is 505 g/mol. The Bertz CT molecular complexity index is 1110. The summed E-state index contributed by atoms with van der Waals surface area (Å²) < 4.78 is 32.6. The summed E-state index contributed by atoms with van der Waals surface area (Å²) in [6, 6.07) is 9.93. The molecule has 0 bridgehead atoms. The number of aryl methyl sites for hydroxylation is 2. The molecule has 0 spiro atoms. The Kier molecular flexibility index (Phi) is 10.2. The number of sulfonamides is 1. The molecule has 2 aromatic rings. The van der Waals surface area contributed by atoms with Crippen LogP contribution in [0.3, 0.4) is 0 Å². The zero-order valence-corrected chi connectivity index (χ0v) is 22.2. The van der Waals surface area contributed by atoms with Crippen LogP contribution in [0.15, 0.2) is 41.3 Å². The lowest BCUT2D eigenvalue weighted by Gasteiger charge is -2.20. The van der Waals surface area contributed by atoms with Gasteiger partial charge < -0.3 is 20.3 Å². The van der Waals surface area contributed by atoms with Gasteiger partial charge >= 0.3 is 0 Å². The first-order valence-electron chi connectivity index (χ1n) is 11.4. The minimum absolute atomic E-state index is 0.0158. The second-order valence-electron chi connectivity index (χ2n) is 8.71. The van der Waals surface area contributed by atoms with Crippen molar-refractivity contribution in [1.82, 2.24) is 14.5 Å². The van der Waals surface area contributed by atoms with Crippen LogP contribution in [0.2, 0.25) is 0 Å². The molecule has 0 aliphatic carbocycles. The van der Waals surface area contributed by atoms with E-state index in [4.69, 9.17) is 4.74 Å². The van der Waals surface area contributed by atoms with Gasteiger partial charge in [-0.3, -0.25) is 9.59 Å². The van der Waals surface area contributed by atoms with E-state index in [-0.39, 0.29) is 29.7 Å². The van der Waals surface area contributed by atoms with Crippen molar-refractivity contribution >= 4 is 27.5 Å². The van der Waals surface area contributed by atoms with E-state index >= 15 is 0 Å². The summed E-state index contributed by atoms with van der Waals surface area (Å²) in [7, 11) is 3.18. The fourth-order valence-corrected chi connectivity index (χ4v) is 5.17. The van der Waals surface area contributed by atoms with Crippen LogP contribution < -0.4 is 15.4 Å². The molecule has 0 atom stereocenters. The Hall–Kier alpha value is -2.95. The van der Waals surface area contributed by atoms with E-state index in [9.17, 15) is 18.0 Å². The van der Waals surface area contributed by atoms with E-state index in [1.807, 2.05) is 14.1 Å². The van der Waals surface area contributed by atoms with Crippen LogP contribution in [0, 0.1) is 13.8 Å². The van der Waals surface area contributed by atoms with E-state index in [0.717, 1.165) is 13.0 Å². The Morgan fingerprint density at radius 2 is 1.57 bits per heavy atom. The number of nitrogens with one attached hydrogen (secondary N) is 2. The Balaban J connectivity index is 1.91. The van der Waals surface area contributed by atoms with Crippen molar-refractivity contribution < 1.29 is 22.7 Å². The van der Waals surface area contributed by atoms with Crippen molar-refractivity contribution in [3.63, 3.8) is 0 Å².